The van der Waals surface area contributed by atoms with Crippen LogP contribution in [0.15, 0.2) is 79.1 Å². The number of aromatic nitrogens is 2. The zero-order chi connectivity index (χ0) is 19.3. The number of para-hydroxylation sites is 1. The average molecular weight is 390 g/mol. The molecule has 2 aromatic carbocycles. The maximum Gasteiger partial charge on any atom is 0.221 e. The Hall–Kier alpha value is -3.11. The van der Waals surface area contributed by atoms with Crippen LogP contribution in [0.4, 0.5) is 0 Å². The van der Waals surface area contributed by atoms with Gasteiger partial charge in [-0.1, -0.05) is 66.2 Å². The second-order valence-corrected chi connectivity index (χ2v) is 7.11. The Kier molecular flexibility index (Phi) is 5.40. The number of halogens is 1. The maximum absolute atomic E-state index is 12.7. The van der Waals surface area contributed by atoms with Gasteiger partial charge in [0.25, 0.3) is 0 Å². The number of hydrogen-bond acceptors (Lipinski definition) is 2. The first kappa shape index (κ1) is 18.3. The van der Waals surface area contributed by atoms with Crippen LogP contribution in [0.25, 0.3) is 10.9 Å². The third kappa shape index (κ3) is 4.07. The van der Waals surface area contributed by atoms with E-state index in [1.807, 2.05) is 60.8 Å². The Morgan fingerprint density at radius 1 is 1.04 bits per heavy atom. The van der Waals surface area contributed by atoms with Gasteiger partial charge in [0.15, 0.2) is 0 Å². The molecule has 140 valence electrons. The van der Waals surface area contributed by atoms with Crippen LogP contribution in [0.1, 0.15) is 29.0 Å². The van der Waals surface area contributed by atoms with Crippen LogP contribution in [0, 0.1) is 0 Å². The van der Waals surface area contributed by atoms with Gasteiger partial charge in [0.1, 0.15) is 5.15 Å². The predicted octanol–water partition coefficient (Wildman–Crippen LogP) is 5.05. The van der Waals surface area contributed by atoms with Crippen molar-refractivity contribution >= 4 is 28.4 Å². The summed E-state index contributed by atoms with van der Waals surface area (Å²) in [6.07, 6.45) is 4.06. The van der Waals surface area contributed by atoms with Crippen molar-refractivity contribution < 1.29 is 4.79 Å². The van der Waals surface area contributed by atoms with Crippen LogP contribution < -0.4 is 5.32 Å². The lowest BCUT2D eigenvalue weighted by molar-refractivity contribution is -0.121. The fraction of sp³-hybridized carbons (Fsp3) is 0.130. The lowest BCUT2D eigenvalue weighted by atomic mass is 9.89. The minimum absolute atomic E-state index is 0.00548. The molecule has 0 bridgehead atoms. The predicted molar refractivity (Wildman–Crippen MR) is 112 cm³/mol. The van der Waals surface area contributed by atoms with E-state index in [2.05, 4.69) is 21.4 Å². The fourth-order valence-electron chi connectivity index (χ4n) is 3.44. The zero-order valence-electron chi connectivity index (χ0n) is 15.2. The number of amides is 1. The van der Waals surface area contributed by atoms with Gasteiger partial charge in [0.2, 0.25) is 5.91 Å². The summed E-state index contributed by atoms with van der Waals surface area (Å²) in [4.78, 5) is 20.2. The average Bonchev–Trinajstić information content (AvgIpc) is 3.16. The summed E-state index contributed by atoms with van der Waals surface area (Å²) in [7, 11) is 0. The Morgan fingerprint density at radius 3 is 2.61 bits per heavy atom. The van der Waals surface area contributed by atoms with Crippen LogP contribution in [0.3, 0.4) is 0 Å². The number of H-pyrrole nitrogens is 1. The first-order valence-electron chi connectivity index (χ1n) is 9.19. The summed E-state index contributed by atoms with van der Waals surface area (Å²) in [5.41, 5.74) is 4.17. The highest BCUT2D eigenvalue weighted by atomic mass is 35.5. The molecule has 1 unspecified atom stereocenters. The normalized spacial score (nSPS) is 12.0. The molecule has 0 radical (unpaired) electrons. The van der Waals surface area contributed by atoms with Gasteiger partial charge in [-0.05, 0) is 28.8 Å². The van der Waals surface area contributed by atoms with Crippen molar-refractivity contribution in [2.75, 3.05) is 0 Å². The van der Waals surface area contributed by atoms with Gasteiger partial charge in [-0.25, -0.2) is 4.98 Å². The van der Waals surface area contributed by atoms with Crippen LogP contribution in [-0.2, 0) is 11.3 Å². The molecule has 5 heteroatoms. The number of nitrogens with one attached hydrogen (secondary N) is 2. The maximum atomic E-state index is 12.7. The van der Waals surface area contributed by atoms with Gasteiger partial charge >= 0.3 is 0 Å². The first-order valence-corrected chi connectivity index (χ1v) is 9.56. The monoisotopic (exact) mass is 389 g/mol. The number of nitrogens with zero attached hydrogens (tertiary/aromatic N) is 1. The molecule has 0 aliphatic heterocycles. The molecule has 0 saturated heterocycles. The van der Waals surface area contributed by atoms with Gasteiger partial charge < -0.3 is 10.3 Å². The molecule has 0 saturated carbocycles. The number of pyridine rings is 1. The molecular weight excluding hydrogens is 370 g/mol. The van der Waals surface area contributed by atoms with Crippen molar-refractivity contribution in [3.05, 3.63) is 101 Å². The first-order chi connectivity index (χ1) is 13.7. The molecule has 0 fully saturated rings. The summed E-state index contributed by atoms with van der Waals surface area (Å²) in [5, 5.41) is 4.57. The molecular formula is C23H20ClN3O. The molecule has 2 heterocycles. The van der Waals surface area contributed by atoms with Crippen LogP contribution in [0.5, 0.6) is 0 Å². The highest BCUT2D eigenvalue weighted by molar-refractivity contribution is 6.29. The number of rotatable bonds is 6. The van der Waals surface area contributed by atoms with E-state index in [9.17, 15) is 4.79 Å². The van der Waals surface area contributed by atoms with Crippen LogP contribution in [0.2, 0.25) is 5.15 Å². The highest BCUT2D eigenvalue weighted by Crippen LogP contribution is 2.33. The molecule has 4 nitrogen and oxygen atoms in total. The lowest BCUT2D eigenvalue weighted by Gasteiger charge is -2.17. The van der Waals surface area contributed by atoms with E-state index >= 15 is 0 Å². The second-order valence-electron chi connectivity index (χ2n) is 6.72. The smallest absolute Gasteiger partial charge is 0.221 e. The minimum Gasteiger partial charge on any atom is -0.361 e. The van der Waals surface area contributed by atoms with E-state index in [-0.39, 0.29) is 11.8 Å². The lowest BCUT2D eigenvalue weighted by Crippen LogP contribution is -2.25. The molecule has 1 amide bonds. The summed E-state index contributed by atoms with van der Waals surface area (Å²) in [6.45, 7) is 0.513. The van der Waals surface area contributed by atoms with Gasteiger partial charge in [-0.3, -0.25) is 4.79 Å². The molecule has 0 spiro atoms. The number of carbonyl (C=O) groups is 1. The number of benzene rings is 2. The summed E-state index contributed by atoms with van der Waals surface area (Å²) in [5.74, 6) is -0.120. The Labute approximate surface area is 168 Å². The number of aromatic amines is 1. The van der Waals surface area contributed by atoms with E-state index in [0.717, 1.165) is 27.6 Å². The molecule has 0 aliphatic rings. The van der Waals surface area contributed by atoms with Gasteiger partial charge in [-0.2, -0.15) is 0 Å². The summed E-state index contributed by atoms with van der Waals surface area (Å²) < 4.78 is 0. The fourth-order valence-corrected chi connectivity index (χ4v) is 3.55. The third-order valence-corrected chi connectivity index (χ3v) is 5.09. The van der Waals surface area contributed by atoms with Gasteiger partial charge in [0, 0.05) is 42.2 Å². The van der Waals surface area contributed by atoms with Crippen molar-refractivity contribution in [1.29, 1.82) is 0 Å². The van der Waals surface area contributed by atoms with Crippen LogP contribution >= 0.6 is 11.6 Å². The third-order valence-electron chi connectivity index (χ3n) is 4.87. The largest absolute Gasteiger partial charge is 0.361 e. The Bertz CT molecular complexity index is 1070. The zero-order valence-corrected chi connectivity index (χ0v) is 16.0. The van der Waals surface area contributed by atoms with Crippen molar-refractivity contribution in [2.45, 2.75) is 18.9 Å². The van der Waals surface area contributed by atoms with E-state index in [4.69, 9.17) is 11.6 Å². The van der Waals surface area contributed by atoms with E-state index in [1.165, 1.54) is 0 Å². The van der Waals surface area contributed by atoms with E-state index in [1.54, 1.807) is 12.3 Å². The summed E-state index contributed by atoms with van der Waals surface area (Å²) >= 11 is 5.96. The van der Waals surface area contributed by atoms with Gasteiger partial charge in [-0.15, -0.1) is 0 Å². The van der Waals surface area contributed by atoms with Crippen molar-refractivity contribution in [1.82, 2.24) is 15.3 Å². The highest BCUT2D eigenvalue weighted by Gasteiger charge is 2.21. The van der Waals surface area contributed by atoms with Gasteiger partial charge in [0.05, 0.1) is 0 Å². The molecule has 4 aromatic rings. The Morgan fingerprint density at radius 2 is 1.82 bits per heavy atom. The van der Waals surface area contributed by atoms with E-state index in [0.29, 0.717) is 18.1 Å². The van der Waals surface area contributed by atoms with Crippen LogP contribution in [-0.4, -0.2) is 15.9 Å². The van der Waals surface area contributed by atoms with E-state index < -0.39 is 0 Å². The molecule has 1 atom stereocenters. The number of hydrogen-bond donors (Lipinski definition) is 2. The number of fused-ring (bicyclic) bond motifs is 1. The molecule has 2 N–H and O–H groups in total. The standard InChI is InChI=1S/C23H20ClN3O/c24-22-11-10-17(14-26-22)19(20-15-25-21-9-5-4-8-18(20)21)12-23(28)27-13-16-6-2-1-3-7-16/h1-11,14-15,19,25H,12-13H2,(H,27,28). The summed E-state index contributed by atoms with van der Waals surface area (Å²) in [6, 6.07) is 21.7. The van der Waals surface area contributed by atoms with Crippen molar-refractivity contribution in [3.8, 4) is 0 Å². The minimum atomic E-state index is -0.114. The SMILES string of the molecule is O=C(CC(c1ccc(Cl)nc1)c1c[nH]c2ccccc12)NCc1ccccc1. The second kappa shape index (κ2) is 8.28. The number of carbonyl (C=O) groups excluding carboxylic acids is 1. The molecule has 4 rings (SSSR count). The topological polar surface area (TPSA) is 57.8 Å². The molecule has 0 aliphatic carbocycles. The van der Waals surface area contributed by atoms with Crippen molar-refractivity contribution in [3.63, 3.8) is 0 Å². The molecule has 28 heavy (non-hydrogen) atoms. The van der Waals surface area contributed by atoms with Crippen molar-refractivity contribution in [2.24, 2.45) is 0 Å². The Balaban J connectivity index is 1.60. The quantitative estimate of drug-likeness (QED) is 0.453. The molecule has 2 aromatic heterocycles.